The van der Waals surface area contributed by atoms with Gasteiger partial charge in [-0.05, 0) is 48.3 Å². The van der Waals surface area contributed by atoms with Gasteiger partial charge in [0.15, 0.2) is 0 Å². The Kier molecular flexibility index (Phi) is 2.82. The zero-order valence-electron chi connectivity index (χ0n) is 9.91. The molecule has 0 aliphatic heterocycles. The van der Waals surface area contributed by atoms with E-state index >= 15 is 0 Å². The fourth-order valence-corrected chi connectivity index (χ4v) is 3.14. The van der Waals surface area contributed by atoms with Gasteiger partial charge in [0, 0.05) is 0 Å². The summed E-state index contributed by atoms with van der Waals surface area (Å²) in [7, 11) is 0. The fourth-order valence-electron chi connectivity index (χ4n) is 3.14. The van der Waals surface area contributed by atoms with E-state index in [9.17, 15) is 0 Å². The number of rotatable bonds is 1. The standard InChI is InChI=1S/C16H20/c1-2-6-13(7-3-1)16-11-10-14-8-4-5-9-15(14)12-16/h4,8,10-13H,1-3,5-7,9H2. The van der Waals surface area contributed by atoms with Crippen molar-refractivity contribution in [2.45, 2.75) is 50.9 Å². The van der Waals surface area contributed by atoms with E-state index in [4.69, 9.17) is 0 Å². The van der Waals surface area contributed by atoms with Gasteiger partial charge in [-0.3, -0.25) is 0 Å². The van der Waals surface area contributed by atoms with Crippen molar-refractivity contribution in [2.75, 3.05) is 0 Å². The topological polar surface area (TPSA) is 0 Å². The molecule has 1 aromatic rings. The van der Waals surface area contributed by atoms with Crippen molar-refractivity contribution in [1.29, 1.82) is 0 Å². The summed E-state index contributed by atoms with van der Waals surface area (Å²) in [6, 6.07) is 7.17. The van der Waals surface area contributed by atoms with E-state index in [2.05, 4.69) is 30.4 Å². The van der Waals surface area contributed by atoms with Gasteiger partial charge >= 0.3 is 0 Å². The van der Waals surface area contributed by atoms with Crippen LogP contribution >= 0.6 is 0 Å². The van der Waals surface area contributed by atoms with Crippen LogP contribution in [0.25, 0.3) is 6.08 Å². The van der Waals surface area contributed by atoms with Crippen LogP contribution in [0, 0.1) is 0 Å². The zero-order valence-corrected chi connectivity index (χ0v) is 9.91. The predicted octanol–water partition coefficient (Wildman–Crippen LogP) is 4.69. The van der Waals surface area contributed by atoms with E-state index in [1.54, 1.807) is 11.1 Å². The second-order valence-electron chi connectivity index (χ2n) is 5.23. The maximum atomic E-state index is 2.48. The third-order valence-corrected chi connectivity index (χ3v) is 4.12. The maximum Gasteiger partial charge on any atom is -0.0162 e. The van der Waals surface area contributed by atoms with Crippen LogP contribution in [0.3, 0.4) is 0 Å². The summed E-state index contributed by atoms with van der Waals surface area (Å²) in [5, 5.41) is 0. The second kappa shape index (κ2) is 4.45. The highest BCUT2D eigenvalue weighted by atomic mass is 14.2. The molecule has 1 aromatic carbocycles. The van der Waals surface area contributed by atoms with Crippen LogP contribution < -0.4 is 0 Å². The van der Waals surface area contributed by atoms with Crippen molar-refractivity contribution in [2.24, 2.45) is 0 Å². The molecule has 0 saturated heterocycles. The van der Waals surface area contributed by atoms with E-state index in [1.807, 2.05) is 0 Å². The second-order valence-corrected chi connectivity index (χ2v) is 5.23. The molecule has 0 radical (unpaired) electrons. The summed E-state index contributed by atoms with van der Waals surface area (Å²) in [5.41, 5.74) is 4.63. The molecule has 1 fully saturated rings. The van der Waals surface area contributed by atoms with E-state index in [1.165, 1.54) is 50.5 Å². The van der Waals surface area contributed by atoms with Gasteiger partial charge in [0.25, 0.3) is 0 Å². The molecular formula is C16H20. The molecule has 0 N–H and O–H groups in total. The molecule has 2 aliphatic rings. The first-order valence-corrected chi connectivity index (χ1v) is 6.73. The molecule has 3 rings (SSSR count). The monoisotopic (exact) mass is 212 g/mol. The van der Waals surface area contributed by atoms with Crippen molar-refractivity contribution >= 4 is 6.08 Å². The largest absolute Gasteiger partial charge is 0.0836 e. The molecule has 1 saturated carbocycles. The smallest absolute Gasteiger partial charge is 0.0162 e. The summed E-state index contributed by atoms with van der Waals surface area (Å²) in [6.07, 6.45) is 14.2. The van der Waals surface area contributed by atoms with Crippen molar-refractivity contribution in [3.8, 4) is 0 Å². The molecule has 0 nitrogen and oxygen atoms in total. The molecule has 0 unspecified atom stereocenters. The molecule has 16 heavy (non-hydrogen) atoms. The predicted molar refractivity (Wildman–Crippen MR) is 69.6 cm³/mol. The molecule has 0 heteroatoms. The van der Waals surface area contributed by atoms with Crippen LogP contribution in [-0.4, -0.2) is 0 Å². The number of aryl methyl sites for hydroxylation is 1. The van der Waals surface area contributed by atoms with Gasteiger partial charge in [0.05, 0.1) is 0 Å². The Morgan fingerprint density at radius 3 is 2.75 bits per heavy atom. The molecule has 84 valence electrons. The first-order chi connectivity index (χ1) is 7.93. The molecule has 0 bridgehead atoms. The number of fused-ring (bicyclic) bond motifs is 1. The lowest BCUT2D eigenvalue weighted by Gasteiger charge is -2.23. The van der Waals surface area contributed by atoms with Crippen molar-refractivity contribution < 1.29 is 0 Å². The lowest BCUT2D eigenvalue weighted by molar-refractivity contribution is 0.443. The average molecular weight is 212 g/mol. The Balaban J connectivity index is 1.87. The van der Waals surface area contributed by atoms with Crippen LogP contribution in [0.15, 0.2) is 24.3 Å². The Hall–Kier alpha value is -1.04. The normalized spacial score (nSPS) is 20.8. The molecule has 0 aromatic heterocycles. The molecule has 0 atom stereocenters. The van der Waals surface area contributed by atoms with Gasteiger partial charge in [-0.2, -0.15) is 0 Å². The highest BCUT2D eigenvalue weighted by Crippen LogP contribution is 2.34. The van der Waals surface area contributed by atoms with Gasteiger partial charge in [-0.1, -0.05) is 49.6 Å². The first-order valence-electron chi connectivity index (χ1n) is 6.73. The summed E-state index contributed by atoms with van der Waals surface area (Å²) >= 11 is 0. The van der Waals surface area contributed by atoms with Crippen molar-refractivity contribution in [1.82, 2.24) is 0 Å². The van der Waals surface area contributed by atoms with Crippen molar-refractivity contribution in [3.05, 3.63) is 41.0 Å². The Labute approximate surface area is 98.4 Å². The fraction of sp³-hybridized carbons (Fsp3) is 0.500. The van der Waals surface area contributed by atoms with Gasteiger partial charge in [-0.15, -0.1) is 0 Å². The van der Waals surface area contributed by atoms with Crippen LogP contribution in [-0.2, 0) is 6.42 Å². The summed E-state index contributed by atoms with van der Waals surface area (Å²) in [4.78, 5) is 0. The van der Waals surface area contributed by atoms with E-state index in [0.29, 0.717) is 0 Å². The Bertz CT molecular complexity index is 394. The minimum Gasteiger partial charge on any atom is -0.0836 e. The van der Waals surface area contributed by atoms with Gasteiger partial charge in [0.1, 0.15) is 0 Å². The lowest BCUT2D eigenvalue weighted by Crippen LogP contribution is -2.06. The minimum atomic E-state index is 0.852. The van der Waals surface area contributed by atoms with E-state index < -0.39 is 0 Å². The highest BCUT2D eigenvalue weighted by Gasteiger charge is 2.16. The third-order valence-electron chi connectivity index (χ3n) is 4.12. The lowest BCUT2D eigenvalue weighted by atomic mass is 9.82. The summed E-state index contributed by atoms with van der Waals surface area (Å²) in [6.45, 7) is 0. The van der Waals surface area contributed by atoms with Crippen LogP contribution in [0.5, 0.6) is 0 Å². The van der Waals surface area contributed by atoms with Gasteiger partial charge < -0.3 is 0 Å². The van der Waals surface area contributed by atoms with Crippen LogP contribution in [0.2, 0.25) is 0 Å². The Morgan fingerprint density at radius 2 is 1.88 bits per heavy atom. The molecule has 2 aliphatic carbocycles. The number of benzene rings is 1. The number of hydrogen-bond acceptors (Lipinski definition) is 0. The molecule has 0 spiro atoms. The molecule has 0 heterocycles. The average Bonchev–Trinajstić information content (AvgIpc) is 2.39. The quantitative estimate of drug-likeness (QED) is 0.633. The summed E-state index contributed by atoms with van der Waals surface area (Å²) < 4.78 is 0. The van der Waals surface area contributed by atoms with Gasteiger partial charge in [0.2, 0.25) is 0 Å². The Morgan fingerprint density at radius 1 is 1.00 bits per heavy atom. The summed E-state index contributed by atoms with van der Waals surface area (Å²) in [5.74, 6) is 0.852. The molecule has 0 amide bonds. The zero-order chi connectivity index (χ0) is 10.8. The third kappa shape index (κ3) is 1.93. The van der Waals surface area contributed by atoms with Crippen LogP contribution in [0.1, 0.15) is 61.1 Å². The maximum absolute atomic E-state index is 2.48. The molecular weight excluding hydrogens is 192 g/mol. The van der Waals surface area contributed by atoms with Crippen LogP contribution in [0.4, 0.5) is 0 Å². The van der Waals surface area contributed by atoms with E-state index in [-0.39, 0.29) is 0 Å². The number of allylic oxidation sites excluding steroid dienone is 1. The minimum absolute atomic E-state index is 0.852. The van der Waals surface area contributed by atoms with E-state index in [0.717, 1.165) is 5.92 Å². The first kappa shape index (κ1) is 10.1. The highest BCUT2D eigenvalue weighted by molar-refractivity contribution is 5.57. The van der Waals surface area contributed by atoms with Gasteiger partial charge in [-0.25, -0.2) is 0 Å². The SMILES string of the molecule is C1=Cc2ccc(C3CCCCC3)cc2CC1. The van der Waals surface area contributed by atoms with Crippen molar-refractivity contribution in [3.63, 3.8) is 0 Å². The number of hydrogen-bond donors (Lipinski definition) is 0.